The van der Waals surface area contributed by atoms with Crippen LogP contribution in [0.3, 0.4) is 0 Å². The Morgan fingerprint density at radius 3 is 2.50 bits per heavy atom. The minimum absolute atomic E-state index is 0.0351. The third-order valence-corrected chi connectivity index (χ3v) is 4.27. The van der Waals surface area contributed by atoms with Gasteiger partial charge in [-0.25, -0.2) is 0 Å². The zero-order valence-corrected chi connectivity index (χ0v) is 16.2. The molecule has 3 aromatic carbocycles. The van der Waals surface area contributed by atoms with Gasteiger partial charge in [-0.3, -0.25) is 14.9 Å². The summed E-state index contributed by atoms with van der Waals surface area (Å²) in [5.74, 6) is 0.305. The van der Waals surface area contributed by atoms with E-state index >= 15 is 0 Å². The Hall–Kier alpha value is -4.15. The molecule has 1 N–H and O–H groups in total. The van der Waals surface area contributed by atoms with Crippen LogP contribution in [0.1, 0.15) is 5.56 Å². The van der Waals surface area contributed by atoms with Crippen LogP contribution in [0.5, 0.6) is 11.5 Å². The summed E-state index contributed by atoms with van der Waals surface area (Å²) in [6, 6.07) is 21.6. The fourth-order valence-corrected chi connectivity index (χ4v) is 2.73. The predicted molar refractivity (Wildman–Crippen MR) is 113 cm³/mol. The zero-order chi connectivity index (χ0) is 21.5. The zero-order valence-electron chi connectivity index (χ0n) is 15.4. The smallest absolute Gasteiger partial charge is 0.288 e. The van der Waals surface area contributed by atoms with Crippen molar-refractivity contribution in [1.82, 2.24) is 0 Å². The van der Waals surface area contributed by atoms with Crippen molar-refractivity contribution in [2.45, 2.75) is 0 Å². The Balaban J connectivity index is 1.85. The minimum Gasteiger partial charge on any atom is -0.455 e. The van der Waals surface area contributed by atoms with Gasteiger partial charge in [0.05, 0.1) is 10.6 Å². The van der Waals surface area contributed by atoms with Crippen molar-refractivity contribution in [3.63, 3.8) is 0 Å². The van der Waals surface area contributed by atoms with Crippen molar-refractivity contribution >= 4 is 35.0 Å². The second kappa shape index (κ2) is 9.37. The van der Waals surface area contributed by atoms with Gasteiger partial charge in [-0.1, -0.05) is 48.0 Å². The van der Waals surface area contributed by atoms with E-state index in [0.29, 0.717) is 22.7 Å². The van der Waals surface area contributed by atoms with Gasteiger partial charge in [-0.2, -0.15) is 5.26 Å². The van der Waals surface area contributed by atoms with E-state index in [1.165, 1.54) is 24.3 Å². The van der Waals surface area contributed by atoms with E-state index in [9.17, 15) is 20.2 Å². The maximum atomic E-state index is 12.6. The van der Waals surface area contributed by atoms with Crippen molar-refractivity contribution in [2.75, 3.05) is 5.32 Å². The highest BCUT2D eigenvalue weighted by atomic mass is 35.5. The first kappa shape index (κ1) is 20.6. The molecule has 8 heteroatoms. The largest absolute Gasteiger partial charge is 0.455 e. The molecule has 0 spiro atoms. The number of hydrogen-bond acceptors (Lipinski definition) is 5. The van der Waals surface area contributed by atoms with Crippen LogP contribution in [-0.4, -0.2) is 10.8 Å². The number of benzene rings is 3. The molecule has 0 atom stereocenters. The van der Waals surface area contributed by atoms with Crippen LogP contribution >= 0.6 is 11.6 Å². The van der Waals surface area contributed by atoms with Crippen LogP contribution in [-0.2, 0) is 4.79 Å². The van der Waals surface area contributed by atoms with E-state index in [2.05, 4.69) is 5.32 Å². The number of anilines is 1. The first-order chi connectivity index (χ1) is 14.5. The summed E-state index contributed by atoms with van der Waals surface area (Å²) in [7, 11) is 0. The van der Waals surface area contributed by atoms with E-state index in [0.717, 1.165) is 0 Å². The fourth-order valence-electron chi connectivity index (χ4n) is 2.54. The summed E-state index contributed by atoms with van der Waals surface area (Å²) in [4.78, 5) is 23.0. The van der Waals surface area contributed by atoms with E-state index in [4.69, 9.17) is 16.3 Å². The number of ether oxygens (including phenoxy) is 1. The Bertz CT molecular complexity index is 1170. The van der Waals surface area contributed by atoms with Gasteiger partial charge in [0.25, 0.3) is 11.6 Å². The molecule has 7 nitrogen and oxygen atoms in total. The second-order valence-corrected chi connectivity index (χ2v) is 6.41. The normalized spacial score (nSPS) is 10.7. The molecule has 0 radical (unpaired) electrons. The average Bonchev–Trinajstić information content (AvgIpc) is 2.75. The van der Waals surface area contributed by atoms with Gasteiger partial charge in [0.2, 0.25) is 0 Å². The molecule has 1 amide bonds. The number of nitro benzene ring substituents is 1. The topological polar surface area (TPSA) is 105 Å². The van der Waals surface area contributed by atoms with Gasteiger partial charge in [0, 0.05) is 6.07 Å². The summed E-state index contributed by atoms with van der Waals surface area (Å²) in [6.07, 6.45) is 1.25. The summed E-state index contributed by atoms with van der Waals surface area (Å²) in [5, 5.41) is 23.0. The van der Waals surface area contributed by atoms with Crippen molar-refractivity contribution < 1.29 is 14.5 Å². The number of para-hydroxylation sites is 3. The number of nitro groups is 1. The third-order valence-electron chi connectivity index (χ3n) is 3.95. The molecule has 0 saturated heterocycles. The first-order valence-electron chi connectivity index (χ1n) is 8.67. The van der Waals surface area contributed by atoms with Crippen LogP contribution in [0.25, 0.3) is 6.08 Å². The lowest BCUT2D eigenvalue weighted by Crippen LogP contribution is -2.14. The molecular formula is C22H14ClN3O4. The monoisotopic (exact) mass is 419 g/mol. The molecule has 3 rings (SSSR count). The number of carbonyl (C=O) groups excluding carboxylic acids is 1. The van der Waals surface area contributed by atoms with Gasteiger partial charge in [-0.05, 0) is 42.0 Å². The predicted octanol–water partition coefficient (Wildman–Crippen LogP) is 5.59. The number of nitrogens with zero attached hydrogens (tertiary/aromatic N) is 2. The Kier molecular flexibility index (Phi) is 6.42. The quantitative estimate of drug-likeness (QED) is 0.243. The minimum atomic E-state index is -0.681. The molecule has 30 heavy (non-hydrogen) atoms. The SMILES string of the molecule is N#C/C(=C\c1ccc(Cl)c([N+](=O)[O-])c1)C(=O)Nc1ccccc1Oc1ccccc1. The van der Waals surface area contributed by atoms with Gasteiger partial charge in [0.15, 0.2) is 5.75 Å². The summed E-state index contributed by atoms with van der Waals surface area (Å²) >= 11 is 5.79. The molecule has 0 aliphatic carbocycles. The molecule has 0 aliphatic heterocycles. The molecule has 0 saturated carbocycles. The molecular weight excluding hydrogens is 406 g/mol. The van der Waals surface area contributed by atoms with Crippen LogP contribution in [0, 0.1) is 21.4 Å². The average molecular weight is 420 g/mol. The Morgan fingerprint density at radius 1 is 1.10 bits per heavy atom. The molecule has 0 aromatic heterocycles. The molecule has 0 bridgehead atoms. The summed E-state index contributed by atoms with van der Waals surface area (Å²) in [6.45, 7) is 0. The summed E-state index contributed by atoms with van der Waals surface area (Å²) in [5.41, 5.74) is 0.118. The lowest BCUT2D eigenvalue weighted by Gasteiger charge is -2.12. The second-order valence-electron chi connectivity index (χ2n) is 6.00. The van der Waals surface area contributed by atoms with Crippen LogP contribution < -0.4 is 10.1 Å². The Labute approximate surface area is 176 Å². The van der Waals surface area contributed by atoms with Gasteiger partial charge in [0.1, 0.15) is 22.4 Å². The van der Waals surface area contributed by atoms with Crippen LogP contribution in [0.4, 0.5) is 11.4 Å². The Morgan fingerprint density at radius 2 is 1.80 bits per heavy atom. The number of carbonyl (C=O) groups is 1. The van der Waals surface area contributed by atoms with Gasteiger partial charge < -0.3 is 10.1 Å². The maximum Gasteiger partial charge on any atom is 0.288 e. The lowest BCUT2D eigenvalue weighted by atomic mass is 10.1. The van der Waals surface area contributed by atoms with E-state index in [1.54, 1.807) is 36.4 Å². The van der Waals surface area contributed by atoms with Crippen molar-refractivity contribution in [3.05, 3.63) is 99.1 Å². The van der Waals surface area contributed by atoms with Crippen LogP contribution in [0.2, 0.25) is 5.02 Å². The van der Waals surface area contributed by atoms with Crippen LogP contribution in [0.15, 0.2) is 78.4 Å². The highest BCUT2D eigenvalue weighted by Crippen LogP contribution is 2.30. The van der Waals surface area contributed by atoms with E-state index < -0.39 is 10.8 Å². The molecule has 0 heterocycles. The number of halogens is 1. The molecule has 148 valence electrons. The number of nitrogens with one attached hydrogen (secondary N) is 1. The molecule has 0 fully saturated rings. The fraction of sp³-hybridized carbons (Fsp3) is 0. The standard InChI is InChI=1S/C22H14ClN3O4/c23-18-11-10-15(13-20(18)26(28)29)12-16(14-24)22(27)25-19-8-4-5-9-21(19)30-17-6-2-1-3-7-17/h1-13H,(H,25,27)/b16-12+. The maximum absolute atomic E-state index is 12.6. The molecule has 3 aromatic rings. The number of hydrogen-bond donors (Lipinski definition) is 1. The molecule has 0 unspecified atom stereocenters. The third kappa shape index (κ3) is 5.01. The first-order valence-corrected chi connectivity index (χ1v) is 9.05. The molecule has 0 aliphatic rings. The lowest BCUT2D eigenvalue weighted by molar-refractivity contribution is -0.384. The number of nitriles is 1. The number of rotatable bonds is 6. The van der Waals surface area contributed by atoms with E-state index in [1.807, 2.05) is 24.3 Å². The van der Waals surface area contributed by atoms with E-state index in [-0.39, 0.29) is 16.3 Å². The highest BCUT2D eigenvalue weighted by molar-refractivity contribution is 6.32. The highest BCUT2D eigenvalue weighted by Gasteiger charge is 2.15. The van der Waals surface area contributed by atoms with Crippen molar-refractivity contribution in [1.29, 1.82) is 5.26 Å². The van der Waals surface area contributed by atoms with Crippen molar-refractivity contribution in [2.24, 2.45) is 0 Å². The summed E-state index contributed by atoms with van der Waals surface area (Å²) < 4.78 is 5.79. The van der Waals surface area contributed by atoms with Gasteiger partial charge >= 0.3 is 0 Å². The number of amides is 1. The van der Waals surface area contributed by atoms with Crippen molar-refractivity contribution in [3.8, 4) is 17.6 Å². The van der Waals surface area contributed by atoms with Gasteiger partial charge in [-0.15, -0.1) is 0 Å².